The van der Waals surface area contributed by atoms with Crippen molar-refractivity contribution in [1.82, 2.24) is 25.1 Å². The summed E-state index contributed by atoms with van der Waals surface area (Å²) < 4.78 is 3.26. The summed E-state index contributed by atoms with van der Waals surface area (Å²) in [4.78, 5) is 16.7. The van der Waals surface area contributed by atoms with Crippen molar-refractivity contribution >= 4 is 55.7 Å². The molecule has 0 aliphatic rings. The molecule has 1 N–H and O–H groups in total. The molecule has 8 heteroatoms. The lowest BCUT2D eigenvalue weighted by Crippen LogP contribution is -2.27. The van der Waals surface area contributed by atoms with Crippen LogP contribution in [0.2, 0.25) is 0 Å². The second-order valence-electron chi connectivity index (χ2n) is 8.15. The van der Waals surface area contributed by atoms with E-state index in [1.165, 1.54) is 5.56 Å². The van der Waals surface area contributed by atoms with Gasteiger partial charge in [0.1, 0.15) is 5.52 Å². The second kappa shape index (κ2) is 10.4. The van der Waals surface area contributed by atoms with Gasteiger partial charge < -0.3 is 9.88 Å². The molecule has 2 aromatic heterocycles. The molecule has 166 valence electrons. The van der Waals surface area contributed by atoms with Gasteiger partial charge in [-0.25, -0.2) is 4.98 Å². The van der Waals surface area contributed by atoms with Gasteiger partial charge in [0, 0.05) is 35.1 Å². The molecular formula is C24H26BrN5OS. The van der Waals surface area contributed by atoms with Gasteiger partial charge in [-0.1, -0.05) is 71.9 Å². The molecule has 1 amide bonds. The van der Waals surface area contributed by atoms with Crippen LogP contribution in [0.4, 0.5) is 0 Å². The predicted molar refractivity (Wildman–Crippen MR) is 134 cm³/mol. The number of hydrogen-bond donors (Lipinski definition) is 1. The summed E-state index contributed by atoms with van der Waals surface area (Å²) >= 11 is 5.05. The molecule has 0 unspecified atom stereocenters. The van der Waals surface area contributed by atoms with E-state index in [2.05, 4.69) is 86.3 Å². The molecule has 4 aromatic rings. The highest BCUT2D eigenvalue weighted by Gasteiger charge is 2.15. The van der Waals surface area contributed by atoms with Crippen LogP contribution in [0.5, 0.6) is 0 Å². The van der Waals surface area contributed by atoms with Gasteiger partial charge in [-0.2, -0.15) is 0 Å². The lowest BCUT2D eigenvalue weighted by Gasteiger charge is -2.08. The van der Waals surface area contributed by atoms with Crippen molar-refractivity contribution in [3.05, 3.63) is 58.6 Å². The first-order valence-electron chi connectivity index (χ1n) is 10.8. The molecule has 0 atom stereocenters. The highest BCUT2D eigenvalue weighted by atomic mass is 79.9. The van der Waals surface area contributed by atoms with Crippen LogP contribution in [-0.2, 0) is 11.3 Å². The van der Waals surface area contributed by atoms with E-state index in [9.17, 15) is 4.79 Å². The zero-order valence-electron chi connectivity index (χ0n) is 18.2. The Labute approximate surface area is 200 Å². The Morgan fingerprint density at radius 3 is 2.69 bits per heavy atom. The predicted octanol–water partition coefficient (Wildman–Crippen LogP) is 5.43. The van der Waals surface area contributed by atoms with Gasteiger partial charge in [0.15, 0.2) is 5.65 Å². The molecule has 0 saturated carbocycles. The van der Waals surface area contributed by atoms with E-state index in [0.717, 1.165) is 45.3 Å². The smallest absolute Gasteiger partial charge is 0.220 e. The lowest BCUT2D eigenvalue weighted by molar-refractivity contribution is -0.121. The Morgan fingerprint density at radius 1 is 1.12 bits per heavy atom. The fraction of sp³-hybridized carbons (Fsp3) is 0.333. The minimum absolute atomic E-state index is 0.100. The standard InChI is InChI=1S/C24H26BrN5OS/c1-16(2)14-26-21(31)8-5-13-32-24-27-23-22(28-29-24)19-6-3-4-7-20(19)30(23)15-17-9-11-18(25)12-10-17/h3-4,6-7,9-12,16H,5,8,13-15H2,1-2H3,(H,26,31). The number of hydrogen-bond acceptors (Lipinski definition) is 5. The van der Waals surface area contributed by atoms with Crippen LogP contribution in [0.25, 0.3) is 22.1 Å². The van der Waals surface area contributed by atoms with E-state index in [-0.39, 0.29) is 5.91 Å². The minimum Gasteiger partial charge on any atom is -0.356 e. The van der Waals surface area contributed by atoms with Gasteiger partial charge in [-0.05, 0) is 36.1 Å². The highest BCUT2D eigenvalue weighted by Crippen LogP contribution is 2.28. The second-order valence-corrected chi connectivity index (χ2v) is 10.1. The monoisotopic (exact) mass is 511 g/mol. The van der Waals surface area contributed by atoms with Crippen LogP contribution in [-0.4, -0.2) is 38.0 Å². The Hall–Kier alpha value is -2.45. The summed E-state index contributed by atoms with van der Waals surface area (Å²) in [5.74, 6) is 1.34. The molecule has 6 nitrogen and oxygen atoms in total. The molecule has 32 heavy (non-hydrogen) atoms. The first-order valence-corrected chi connectivity index (χ1v) is 12.5. The summed E-state index contributed by atoms with van der Waals surface area (Å²) in [6, 6.07) is 16.5. The quantitative estimate of drug-likeness (QED) is 0.239. The summed E-state index contributed by atoms with van der Waals surface area (Å²) in [6.07, 6.45) is 1.29. The number of nitrogens with zero attached hydrogens (tertiary/aromatic N) is 4. The number of thioether (sulfide) groups is 1. The molecule has 2 heterocycles. The number of para-hydroxylation sites is 1. The van der Waals surface area contributed by atoms with Crippen LogP contribution in [0.1, 0.15) is 32.3 Å². The molecule has 0 aliphatic carbocycles. The average Bonchev–Trinajstić information content (AvgIpc) is 3.10. The number of benzene rings is 2. The SMILES string of the molecule is CC(C)CNC(=O)CCCSc1nnc2c3ccccc3n(Cc3ccc(Br)cc3)c2n1. The van der Waals surface area contributed by atoms with Crippen molar-refractivity contribution in [3.63, 3.8) is 0 Å². The van der Waals surface area contributed by atoms with Gasteiger partial charge in [0.25, 0.3) is 0 Å². The Balaban J connectivity index is 1.51. The normalized spacial score (nSPS) is 11.5. The molecule has 0 spiro atoms. The lowest BCUT2D eigenvalue weighted by atomic mass is 10.2. The maximum atomic E-state index is 11.9. The Bertz CT molecular complexity index is 1220. The first-order chi connectivity index (χ1) is 15.5. The molecule has 4 rings (SSSR count). The van der Waals surface area contributed by atoms with Crippen LogP contribution >= 0.6 is 27.7 Å². The van der Waals surface area contributed by atoms with E-state index >= 15 is 0 Å². The molecule has 0 bridgehead atoms. The van der Waals surface area contributed by atoms with Crippen molar-refractivity contribution in [2.45, 2.75) is 38.4 Å². The van der Waals surface area contributed by atoms with Crippen LogP contribution in [0.3, 0.4) is 0 Å². The van der Waals surface area contributed by atoms with Gasteiger partial charge in [-0.15, -0.1) is 10.2 Å². The topological polar surface area (TPSA) is 72.7 Å². The van der Waals surface area contributed by atoms with Crippen LogP contribution < -0.4 is 5.32 Å². The van der Waals surface area contributed by atoms with Gasteiger partial charge in [0.2, 0.25) is 11.1 Å². The fourth-order valence-electron chi connectivity index (χ4n) is 3.49. The Kier molecular flexibility index (Phi) is 7.42. The van der Waals surface area contributed by atoms with Crippen molar-refractivity contribution in [2.24, 2.45) is 5.92 Å². The van der Waals surface area contributed by atoms with E-state index < -0.39 is 0 Å². The van der Waals surface area contributed by atoms with Gasteiger partial charge in [-0.3, -0.25) is 4.79 Å². The van der Waals surface area contributed by atoms with E-state index in [1.807, 2.05) is 12.1 Å². The molecular weight excluding hydrogens is 486 g/mol. The Morgan fingerprint density at radius 2 is 1.91 bits per heavy atom. The summed E-state index contributed by atoms with van der Waals surface area (Å²) in [5.41, 5.74) is 3.93. The van der Waals surface area contributed by atoms with E-state index in [0.29, 0.717) is 24.0 Å². The fourth-order valence-corrected chi connectivity index (χ4v) is 4.47. The zero-order valence-corrected chi connectivity index (χ0v) is 20.6. The number of halogens is 1. The van der Waals surface area contributed by atoms with Crippen LogP contribution in [0.15, 0.2) is 58.2 Å². The number of fused-ring (bicyclic) bond motifs is 3. The van der Waals surface area contributed by atoms with Crippen molar-refractivity contribution < 1.29 is 4.79 Å². The maximum absolute atomic E-state index is 11.9. The largest absolute Gasteiger partial charge is 0.356 e. The molecule has 0 saturated heterocycles. The number of rotatable bonds is 9. The summed E-state index contributed by atoms with van der Waals surface area (Å²) in [6.45, 7) is 5.61. The number of nitrogens with one attached hydrogen (secondary N) is 1. The minimum atomic E-state index is 0.100. The third-order valence-electron chi connectivity index (χ3n) is 5.10. The third-order valence-corrected chi connectivity index (χ3v) is 6.55. The number of carbonyl (C=O) groups excluding carboxylic acids is 1. The molecule has 0 radical (unpaired) electrons. The van der Waals surface area contributed by atoms with E-state index in [4.69, 9.17) is 4.98 Å². The highest BCUT2D eigenvalue weighted by molar-refractivity contribution is 9.10. The number of aromatic nitrogens is 4. The van der Waals surface area contributed by atoms with Crippen molar-refractivity contribution in [2.75, 3.05) is 12.3 Å². The zero-order chi connectivity index (χ0) is 22.5. The maximum Gasteiger partial charge on any atom is 0.220 e. The molecule has 2 aromatic carbocycles. The van der Waals surface area contributed by atoms with Crippen LogP contribution in [0, 0.1) is 5.92 Å². The van der Waals surface area contributed by atoms with Gasteiger partial charge in [0.05, 0.1) is 5.52 Å². The van der Waals surface area contributed by atoms with Gasteiger partial charge >= 0.3 is 0 Å². The third kappa shape index (κ3) is 5.48. The summed E-state index contributed by atoms with van der Waals surface area (Å²) in [7, 11) is 0. The molecule has 0 fully saturated rings. The van der Waals surface area contributed by atoms with E-state index in [1.54, 1.807) is 11.8 Å². The average molecular weight is 512 g/mol. The number of amides is 1. The molecule has 0 aliphatic heterocycles. The summed E-state index contributed by atoms with van der Waals surface area (Å²) in [5, 5.41) is 13.5. The first kappa shape index (κ1) is 22.7. The number of carbonyl (C=O) groups is 1. The van der Waals surface area contributed by atoms with Crippen molar-refractivity contribution in [1.29, 1.82) is 0 Å². The van der Waals surface area contributed by atoms with Crippen molar-refractivity contribution in [3.8, 4) is 0 Å².